The minimum Gasteiger partial charge on any atom is -0.493 e. The van der Waals surface area contributed by atoms with Gasteiger partial charge in [-0.3, -0.25) is 0 Å². The lowest BCUT2D eigenvalue weighted by Crippen LogP contribution is -2.16. The summed E-state index contributed by atoms with van der Waals surface area (Å²) in [6.07, 6.45) is 1.09. The SMILES string of the molecule is OC(CC1CCOc2ccccc21)c1ccc(Cl)cc1Br. The zero-order valence-corrected chi connectivity index (χ0v) is 13.8. The molecule has 2 atom stereocenters. The number of fused-ring (bicyclic) bond motifs is 1. The van der Waals surface area contributed by atoms with Crippen molar-refractivity contribution in [2.45, 2.75) is 24.9 Å². The van der Waals surface area contributed by atoms with Gasteiger partial charge in [-0.1, -0.05) is 51.8 Å². The normalized spacial score (nSPS) is 18.7. The maximum Gasteiger partial charge on any atom is 0.122 e. The number of para-hydroxylation sites is 1. The molecule has 0 fully saturated rings. The van der Waals surface area contributed by atoms with E-state index in [9.17, 15) is 5.11 Å². The molecular weight excluding hydrogens is 352 g/mol. The molecule has 0 radical (unpaired) electrons. The number of hydrogen-bond acceptors (Lipinski definition) is 2. The van der Waals surface area contributed by atoms with E-state index in [4.69, 9.17) is 16.3 Å². The molecule has 0 spiro atoms. The molecule has 1 aliphatic heterocycles. The van der Waals surface area contributed by atoms with Gasteiger partial charge in [-0.15, -0.1) is 0 Å². The smallest absolute Gasteiger partial charge is 0.122 e. The Balaban J connectivity index is 1.81. The molecule has 0 saturated heterocycles. The molecule has 0 aliphatic carbocycles. The Morgan fingerprint density at radius 1 is 1.29 bits per heavy atom. The van der Waals surface area contributed by atoms with Crippen LogP contribution in [0.3, 0.4) is 0 Å². The highest BCUT2D eigenvalue weighted by Gasteiger charge is 2.25. The van der Waals surface area contributed by atoms with E-state index in [-0.39, 0.29) is 0 Å². The standard InChI is InChI=1S/C17H16BrClO2/c18-15-10-12(19)5-6-14(15)16(20)9-11-7-8-21-17-4-2-1-3-13(11)17/h1-6,10-11,16,20H,7-9H2. The Morgan fingerprint density at radius 2 is 2.10 bits per heavy atom. The van der Waals surface area contributed by atoms with Crippen molar-refractivity contribution in [3.05, 3.63) is 63.1 Å². The third kappa shape index (κ3) is 3.25. The summed E-state index contributed by atoms with van der Waals surface area (Å²) in [6.45, 7) is 0.705. The summed E-state index contributed by atoms with van der Waals surface area (Å²) < 4.78 is 6.52. The summed E-state index contributed by atoms with van der Waals surface area (Å²) in [7, 11) is 0. The second kappa shape index (κ2) is 6.39. The van der Waals surface area contributed by atoms with Gasteiger partial charge >= 0.3 is 0 Å². The molecule has 1 heterocycles. The Hall–Kier alpha value is -1.03. The molecule has 0 saturated carbocycles. The lowest BCUT2D eigenvalue weighted by Gasteiger charge is -2.27. The quantitative estimate of drug-likeness (QED) is 0.818. The van der Waals surface area contributed by atoms with E-state index in [1.54, 1.807) is 0 Å². The molecule has 0 amide bonds. The predicted octanol–water partition coefficient (Wildman–Crippen LogP) is 5.09. The average molecular weight is 368 g/mol. The molecule has 21 heavy (non-hydrogen) atoms. The van der Waals surface area contributed by atoms with Crippen LogP contribution >= 0.6 is 27.5 Å². The van der Waals surface area contributed by atoms with E-state index in [0.29, 0.717) is 24.0 Å². The lowest BCUT2D eigenvalue weighted by atomic mass is 9.86. The fraction of sp³-hybridized carbons (Fsp3) is 0.294. The van der Waals surface area contributed by atoms with Crippen LogP contribution in [-0.4, -0.2) is 11.7 Å². The molecule has 2 nitrogen and oxygen atoms in total. The highest BCUT2D eigenvalue weighted by Crippen LogP contribution is 2.40. The lowest BCUT2D eigenvalue weighted by molar-refractivity contribution is 0.144. The van der Waals surface area contributed by atoms with Crippen molar-refractivity contribution in [3.8, 4) is 5.75 Å². The van der Waals surface area contributed by atoms with Crippen molar-refractivity contribution in [3.63, 3.8) is 0 Å². The molecule has 1 aliphatic rings. The Bertz CT molecular complexity index is 644. The van der Waals surface area contributed by atoms with Crippen molar-refractivity contribution in [2.24, 2.45) is 0 Å². The van der Waals surface area contributed by atoms with Crippen LogP contribution in [0.4, 0.5) is 0 Å². The predicted molar refractivity (Wildman–Crippen MR) is 88.0 cm³/mol. The van der Waals surface area contributed by atoms with Crippen LogP contribution in [0.5, 0.6) is 5.75 Å². The molecule has 110 valence electrons. The molecule has 2 aromatic rings. The van der Waals surface area contributed by atoms with E-state index in [1.807, 2.05) is 36.4 Å². The second-order valence-corrected chi connectivity index (χ2v) is 6.58. The molecule has 0 bridgehead atoms. The van der Waals surface area contributed by atoms with Crippen LogP contribution in [0.1, 0.15) is 36.0 Å². The number of ether oxygens (including phenoxy) is 1. The highest BCUT2D eigenvalue weighted by atomic mass is 79.9. The Morgan fingerprint density at radius 3 is 2.90 bits per heavy atom. The molecule has 0 aromatic heterocycles. The Labute approximate surface area is 137 Å². The minimum atomic E-state index is -0.521. The highest BCUT2D eigenvalue weighted by molar-refractivity contribution is 9.10. The van der Waals surface area contributed by atoms with E-state index < -0.39 is 6.10 Å². The minimum absolute atomic E-state index is 0.313. The number of hydrogen-bond donors (Lipinski definition) is 1. The van der Waals surface area contributed by atoms with Gasteiger partial charge in [0, 0.05) is 9.50 Å². The number of aliphatic hydroxyl groups excluding tert-OH is 1. The van der Waals surface area contributed by atoms with Gasteiger partial charge in [0.05, 0.1) is 12.7 Å². The van der Waals surface area contributed by atoms with Crippen molar-refractivity contribution >= 4 is 27.5 Å². The van der Waals surface area contributed by atoms with Gasteiger partial charge in [-0.25, -0.2) is 0 Å². The summed E-state index contributed by atoms with van der Waals surface area (Å²) in [5.74, 6) is 1.25. The van der Waals surface area contributed by atoms with Gasteiger partial charge in [-0.05, 0) is 48.1 Å². The molecule has 2 unspecified atom stereocenters. The largest absolute Gasteiger partial charge is 0.493 e. The number of rotatable bonds is 3. The van der Waals surface area contributed by atoms with Crippen molar-refractivity contribution in [1.82, 2.24) is 0 Å². The first-order valence-electron chi connectivity index (χ1n) is 7.00. The van der Waals surface area contributed by atoms with Gasteiger partial charge in [-0.2, -0.15) is 0 Å². The second-order valence-electron chi connectivity index (χ2n) is 5.29. The molecule has 4 heteroatoms. The number of benzene rings is 2. The van der Waals surface area contributed by atoms with Crippen LogP contribution < -0.4 is 4.74 Å². The summed E-state index contributed by atoms with van der Waals surface area (Å²) in [5.41, 5.74) is 2.07. The van der Waals surface area contributed by atoms with E-state index in [0.717, 1.165) is 22.2 Å². The summed E-state index contributed by atoms with van der Waals surface area (Å²) >= 11 is 9.43. The van der Waals surface area contributed by atoms with Crippen LogP contribution in [0.15, 0.2) is 46.9 Å². The van der Waals surface area contributed by atoms with Crippen LogP contribution in [0, 0.1) is 0 Å². The monoisotopic (exact) mass is 366 g/mol. The summed E-state index contributed by atoms with van der Waals surface area (Å²) in [4.78, 5) is 0. The fourth-order valence-electron chi connectivity index (χ4n) is 2.83. The third-order valence-electron chi connectivity index (χ3n) is 3.91. The van der Waals surface area contributed by atoms with Crippen molar-refractivity contribution in [1.29, 1.82) is 0 Å². The average Bonchev–Trinajstić information content (AvgIpc) is 2.47. The van der Waals surface area contributed by atoms with Gasteiger partial charge < -0.3 is 9.84 Å². The zero-order valence-electron chi connectivity index (χ0n) is 11.4. The van der Waals surface area contributed by atoms with Gasteiger partial charge in [0.2, 0.25) is 0 Å². The number of aliphatic hydroxyl groups is 1. The number of halogens is 2. The first-order chi connectivity index (χ1) is 10.1. The first kappa shape index (κ1) is 14.9. The first-order valence-corrected chi connectivity index (χ1v) is 8.17. The zero-order chi connectivity index (χ0) is 14.8. The maximum atomic E-state index is 10.6. The molecule has 3 rings (SSSR count). The van der Waals surface area contributed by atoms with Gasteiger partial charge in [0.25, 0.3) is 0 Å². The summed E-state index contributed by atoms with van der Waals surface area (Å²) in [5, 5.41) is 11.2. The molecule has 1 N–H and O–H groups in total. The van der Waals surface area contributed by atoms with Gasteiger partial charge in [0.1, 0.15) is 5.75 Å². The maximum absolute atomic E-state index is 10.6. The third-order valence-corrected chi connectivity index (χ3v) is 4.83. The molecular formula is C17H16BrClO2. The van der Waals surface area contributed by atoms with Crippen LogP contribution in [-0.2, 0) is 0 Å². The topological polar surface area (TPSA) is 29.5 Å². The Kier molecular flexibility index (Phi) is 4.53. The van der Waals surface area contributed by atoms with Crippen molar-refractivity contribution < 1.29 is 9.84 Å². The molecule has 2 aromatic carbocycles. The van der Waals surface area contributed by atoms with E-state index in [1.165, 1.54) is 5.56 Å². The summed E-state index contributed by atoms with van der Waals surface area (Å²) in [6, 6.07) is 13.6. The van der Waals surface area contributed by atoms with E-state index >= 15 is 0 Å². The van der Waals surface area contributed by atoms with E-state index in [2.05, 4.69) is 22.0 Å². The van der Waals surface area contributed by atoms with Crippen molar-refractivity contribution in [2.75, 3.05) is 6.61 Å². The van der Waals surface area contributed by atoms with Crippen LogP contribution in [0.25, 0.3) is 0 Å². The van der Waals surface area contributed by atoms with Gasteiger partial charge in [0.15, 0.2) is 0 Å². The fourth-order valence-corrected chi connectivity index (χ4v) is 3.78. The van der Waals surface area contributed by atoms with Crippen LogP contribution in [0.2, 0.25) is 5.02 Å².